The molecule has 0 atom stereocenters. The van der Waals surface area contributed by atoms with E-state index < -0.39 is 0 Å². The van der Waals surface area contributed by atoms with Crippen LogP contribution < -0.4 is 10.6 Å². The van der Waals surface area contributed by atoms with Crippen LogP contribution in [0.3, 0.4) is 0 Å². The molecule has 0 heterocycles. The highest BCUT2D eigenvalue weighted by Crippen LogP contribution is 2.12. The number of carbonyl (C=O) groups excluding carboxylic acids is 2. The van der Waals surface area contributed by atoms with Gasteiger partial charge in [-0.15, -0.1) is 0 Å². The molecule has 0 spiro atoms. The normalized spacial score (nSPS) is 9.53. The van der Waals surface area contributed by atoms with E-state index in [1.165, 1.54) is 7.11 Å². The molecule has 1 aromatic rings. The summed E-state index contributed by atoms with van der Waals surface area (Å²) in [6.45, 7) is 2.16. The van der Waals surface area contributed by atoms with Gasteiger partial charge in [0.2, 0.25) is 0 Å². The van der Waals surface area contributed by atoms with E-state index in [0.717, 1.165) is 11.3 Å². The average molecular weight is 236 g/mol. The molecule has 0 fully saturated rings. The van der Waals surface area contributed by atoms with Crippen LogP contribution in [0.2, 0.25) is 0 Å². The zero-order valence-corrected chi connectivity index (χ0v) is 9.95. The number of methoxy groups -OCH3 is 1. The first-order valence-corrected chi connectivity index (χ1v) is 5.31. The summed E-state index contributed by atoms with van der Waals surface area (Å²) in [5, 5.41) is 5.27. The molecule has 0 radical (unpaired) electrons. The Morgan fingerprint density at radius 1 is 1.29 bits per heavy atom. The van der Waals surface area contributed by atoms with Crippen LogP contribution in [0.4, 0.5) is 10.5 Å². The van der Waals surface area contributed by atoms with Gasteiger partial charge < -0.3 is 15.4 Å². The van der Waals surface area contributed by atoms with Crippen LogP contribution in [-0.2, 0) is 9.53 Å². The van der Waals surface area contributed by atoms with E-state index in [-0.39, 0.29) is 25.0 Å². The van der Waals surface area contributed by atoms with Crippen molar-refractivity contribution in [2.45, 2.75) is 13.3 Å². The fraction of sp³-hybridized carbons (Fsp3) is 0.333. The van der Waals surface area contributed by atoms with Gasteiger partial charge in [0.05, 0.1) is 13.5 Å². The third kappa shape index (κ3) is 4.55. The first kappa shape index (κ1) is 13.0. The maximum Gasteiger partial charge on any atom is 0.319 e. The third-order valence-corrected chi connectivity index (χ3v) is 2.24. The van der Waals surface area contributed by atoms with Gasteiger partial charge in [0.15, 0.2) is 0 Å². The lowest BCUT2D eigenvalue weighted by atomic mass is 10.2. The molecule has 0 saturated carbocycles. The number of anilines is 1. The lowest BCUT2D eigenvalue weighted by Crippen LogP contribution is -2.31. The van der Waals surface area contributed by atoms with Gasteiger partial charge in [0.25, 0.3) is 0 Å². The Bertz CT molecular complexity index is 404. The highest BCUT2D eigenvalue weighted by molar-refractivity contribution is 5.90. The molecule has 5 nitrogen and oxygen atoms in total. The topological polar surface area (TPSA) is 67.4 Å². The number of amides is 2. The largest absolute Gasteiger partial charge is 0.469 e. The molecule has 0 bridgehead atoms. The molecule has 1 rings (SSSR count). The van der Waals surface area contributed by atoms with Crippen molar-refractivity contribution in [3.63, 3.8) is 0 Å². The van der Waals surface area contributed by atoms with Crippen LogP contribution in [0, 0.1) is 6.92 Å². The molecule has 0 aliphatic heterocycles. The molecule has 0 saturated heterocycles. The molecule has 0 aliphatic carbocycles. The van der Waals surface area contributed by atoms with Gasteiger partial charge in [-0.05, 0) is 18.6 Å². The average Bonchev–Trinajstić information content (AvgIpc) is 2.32. The number of rotatable bonds is 4. The number of esters is 1. The first-order valence-electron chi connectivity index (χ1n) is 5.31. The van der Waals surface area contributed by atoms with Crippen LogP contribution in [0.25, 0.3) is 0 Å². The van der Waals surface area contributed by atoms with Gasteiger partial charge in [-0.1, -0.05) is 18.2 Å². The molecule has 0 aromatic heterocycles. The van der Waals surface area contributed by atoms with Crippen LogP contribution in [0.5, 0.6) is 0 Å². The molecule has 2 N–H and O–H groups in total. The summed E-state index contributed by atoms with van der Waals surface area (Å²) < 4.78 is 4.46. The molecule has 92 valence electrons. The van der Waals surface area contributed by atoms with Gasteiger partial charge in [0, 0.05) is 12.2 Å². The number of nitrogens with one attached hydrogen (secondary N) is 2. The van der Waals surface area contributed by atoms with Crippen molar-refractivity contribution in [2.24, 2.45) is 0 Å². The first-order chi connectivity index (χ1) is 8.13. The van der Waals surface area contributed by atoms with E-state index in [1.54, 1.807) is 0 Å². The zero-order valence-electron chi connectivity index (χ0n) is 9.95. The van der Waals surface area contributed by atoms with Crippen molar-refractivity contribution in [3.05, 3.63) is 29.8 Å². The Labute approximate surface area is 100 Å². The number of benzene rings is 1. The standard InChI is InChI=1S/C12H16N2O3/c1-9-5-3-4-6-10(9)14-12(16)13-8-7-11(15)17-2/h3-6H,7-8H2,1-2H3,(H2,13,14,16). The predicted molar refractivity (Wildman–Crippen MR) is 64.8 cm³/mol. The van der Waals surface area contributed by atoms with E-state index in [9.17, 15) is 9.59 Å². The maximum atomic E-state index is 11.5. The summed E-state index contributed by atoms with van der Waals surface area (Å²) in [5.74, 6) is -0.346. The van der Waals surface area contributed by atoms with Crippen molar-refractivity contribution in [2.75, 3.05) is 19.0 Å². The highest BCUT2D eigenvalue weighted by atomic mass is 16.5. The monoisotopic (exact) mass is 236 g/mol. The van der Waals surface area contributed by atoms with Gasteiger partial charge in [-0.2, -0.15) is 0 Å². The highest BCUT2D eigenvalue weighted by Gasteiger charge is 2.04. The van der Waals surface area contributed by atoms with E-state index in [2.05, 4.69) is 15.4 Å². The fourth-order valence-corrected chi connectivity index (χ4v) is 1.26. The minimum absolute atomic E-state index is 0.164. The number of ether oxygens (including phenoxy) is 1. The second-order valence-corrected chi connectivity index (χ2v) is 3.52. The predicted octanol–water partition coefficient (Wildman–Crippen LogP) is 1.68. The van der Waals surface area contributed by atoms with Gasteiger partial charge in [-0.3, -0.25) is 4.79 Å². The molecule has 1 aromatic carbocycles. The number of urea groups is 1. The Kier molecular flexibility index (Phi) is 5.00. The number of hydrogen-bond acceptors (Lipinski definition) is 3. The second kappa shape index (κ2) is 6.52. The summed E-state index contributed by atoms with van der Waals surface area (Å²) in [5.41, 5.74) is 1.73. The lowest BCUT2D eigenvalue weighted by Gasteiger charge is -2.09. The molecule has 17 heavy (non-hydrogen) atoms. The molecule has 0 unspecified atom stereocenters. The summed E-state index contributed by atoms with van der Waals surface area (Å²) in [7, 11) is 1.32. The van der Waals surface area contributed by atoms with Crippen molar-refractivity contribution < 1.29 is 14.3 Å². The van der Waals surface area contributed by atoms with Gasteiger partial charge >= 0.3 is 12.0 Å². The molecular formula is C12H16N2O3. The van der Waals surface area contributed by atoms with Crippen molar-refractivity contribution in [1.29, 1.82) is 0 Å². The SMILES string of the molecule is COC(=O)CCNC(=O)Nc1ccccc1C. The molecule has 5 heteroatoms. The second-order valence-electron chi connectivity index (χ2n) is 3.52. The zero-order chi connectivity index (χ0) is 12.7. The van der Waals surface area contributed by atoms with E-state index >= 15 is 0 Å². The summed E-state index contributed by atoms with van der Waals surface area (Å²) in [6, 6.07) is 7.13. The van der Waals surface area contributed by atoms with E-state index in [1.807, 2.05) is 31.2 Å². The van der Waals surface area contributed by atoms with Crippen LogP contribution in [0.1, 0.15) is 12.0 Å². The number of aryl methyl sites for hydroxylation is 1. The lowest BCUT2D eigenvalue weighted by molar-refractivity contribution is -0.140. The maximum absolute atomic E-state index is 11.5. The van der Waals surface area contributed by atoms with Crippen LogP contribution in [-0.4, -0.2) is 25.7 Å². The van der Waals surface area contributed by atoms with Crippen molar-refractivity contribution >= 4 is 17.7 Å². The smallest absolute Gasteiger partial charge is 0.319 e. The quantitative estimate of drug-likeness (QED) is 0.781. The minimum Gasteiger partial charge on any atom is -0.469 e. The molecule has 0 aliphatic rings. The minimum atomic E-state index is -0.346. The molecule has 2 amide bonds. The Morgan fingerprint density at radius 2 is 2.00 bits per heavy atom. The Hall–Kier alpha value is -2.04. The summed E-state index contributed by atoms with van der Waals surface area (Å²) in [4.78, 5) is 22.3. The van der Waals surface area contributed by atoms with Crippen LogP contribution >= 0.6 is 0 Å². The molecular weight excluding hydrogens is 220 g/mol. The number of hydrogen-bond donors (Lipinski definition) is 2. The Balaban J connectivity index is 2.35. The third-order valence-electron chi connectivity index (χ3n) is 2.24. The fourth-order valence-electron chi connectivity index (χ4n) is 1.26. The number of carbonyl (C=O) groups is 2. The van der Waals surface area contributed by atoms with Crippen LogP contribution in [0.15, 0.2) is 24.3 Å². The Morgan fingerprint density at radius 3 is 2.65 bits per heavy atom. The van der Waals surface area contributed by atoms with Gasteiger partial charge in [0.1, 0.15) is 0 Å². The van der Waals surface area contributed by atoms with E-state index in [0.29, 0.717) is 0 Å². The van der Waals surface area contributed by atoms with Gasteiger partial charge in [-0.25, -0.2) is 4.79 Å². The number of para-hydroxylation sites is 1. The van der Waals surface area contributed by atoms with Crippen molar-refractivity contribution in [3.8, 4) is 0 Å². The van der Waals surface area contributed by atoms with Crippen molar-refractivity contribution in [1.82, 2.24) is 5.32 Å². The van der Waals surface area contributed by atoms with E-state index in [4.69, 9.17) is 0 Å². The summed E-state index contributed by atoms with van der Waals surface area (Å²) >= 11 is 0. The summed E-state index contributed by atoms with van der Waals surface area (Å²) in [6.07, 6.45) is 0.164.